The molecule has 1 aromatic carbocycles. The van der Waals surface area contributed by atoms with Crippen molar-refractivity contribution >= 4 is 11.9 Å². The predicted octanol–water partition coefficient (Wildman–Crippen LogP) is 3.34. The van der Waals surface area contributed by atoms with Gasteiger partial charge in [0.25, 0.3) is 5.91 Å². The molecule has 8 nitrogen and oxygen atoms in total. The van der Waals surface area contributed by atoms with Gasteiger partial charge in [-0.1, -0.05) is 41.5 Å². The van der Waals surface area contributed by atoms with E-state index >= 15 is 0 Å². The number of aliphatic hydroxyl groups is 2. The fourth-order valence-electron chi connectivity index (χ4n) is 8.43. The fourth-order valence-corrected chi connectivity index (χ4v) is 8.43. The van der Waals surface area contributed by atoms with E-state index in [1.54, 1.807) is 13.8 Å². The number of aromatic hydroxyl groups is 1. The van der Waals surface area contributed by atoms with Crippen molar-refractivity contribution in [2.24, 2.45) is 28.6 Å². The van der Waals surface area contributed by atoms with Crippen molar-refractivity contribution in [3.63, 3.8) is 0 Å². The number of amides is 1. The summed E-state index contributed by atoms with van der Waals surface area (Å²) in [7, 11) is 0. The molecule has 2 aliphatic heterocycles. The summed E-state index contributed by atoms with van der Waals surface area (Å²) in [5.74, 6) is -1.09. The molecule has 0 bridgehead atoms. The first-order valence-corrected chi connectivity index (χ1v) is 13.1. The van der Waals surface area contributed by atoms with Crippen LogP contribution in [-0.2, 0) is 17.8 Å². The highest BCUT2D eigenvalue weighted by atomic mass is 16.5. The number of aliphatic carboxylic acids is 1. The van der Waals surface area contributed by atoms with Crippen molar-refractivity contribution in [1.82, 2.24) is 4.90 Å². The number of nitrogens with zero attached hydrogens (tertiary/aromatic N) is 1. The molecule has 2 fully saturated rings. The smallest absolute Gasteiger partial charge is 0.326 e. The number of aliphatic hydroxyl groups excluding tert-OH is 2. The number of fused-ring (bicyclic) bond motifs is 5. The van der Waals surface area contributed by atoms with Crippen LogP contribution in [0.1, 0.15) is 82.3 Å². The summed E-state index contributed by atoms with van der Waals surface area (Å²) in [6, 6.07) is 0.485. The van der Waals surface area contributed by atoms with Gasteiger partial charge < -0.3 is 30.1 Å². The van der Waals surface area contributed by atoms with E-state index in [1.165, 1.54) is 11.0 Å². The van der Waals surface area contributed by atoms with Crippen LogP contribution < -0.4 is 4.74 Å². The quantitative estimate of drug-likeness (QED) is 0.500. The van der Waals surface area contributed by atoms with Crippen LogP contribution in [0.3, 0.4) is 0 Å². The monoisotopic (exact) mass is 501 g/mol. The van der Waals surface area contributed by atoms with Gasteiger partial charge in [-0.05, 0) is 48.5 Å². The average Bonchev–Trinajstić information content (AvgIpc) is 3.32. The lowest BCUT2D eigenvalue weighted by Gasteiger charge is -2.64. The molecule has 36 heavy (non-hydrogen) atoms. The topological polar surface area (TPSA) is 128 Å². The lowest BCUT2D eigenvalue weighted by molar-refractivity contribution is -0.240. The molecule has 7 unspecified atom stereocenters. The number of hydrogen-bond acceptors (Lipinski definition) is 6. The molecule has 4 N–H and O–H groups in total. The largest absolute Gasteiger partial charge is 0.508 e. The third kappa shape index (κ3) is 3.06. The van der Waals surface area contributed by atoms with Crippen molar-refractivity contribution in [3.8, 4) is 11.5 Å². The van der Waals surface area contributed by atoms with Crippen LogP contribution in [0.2, 0.25) is 0 Å². The minimum atomic E-state index is -1.06. The SMILES string of the molecule is CC(C)C(C(=O)O)N1Cc2c(cc(O)c3c2OC2(C3)C(C)CCC3C(C)(C)C(O)C(O)CC32C)C1=O. The second kappa shape index (κ2) is 7.84. The zero-order valence-electron chi connectivity index (χ0n) is 22.0. The first-order chi connectivity index (χ1) is 16.7. The van der Waals surface area contributed by atoms with Gasteiger partial charge in [-0.25, -0.2) is 4.79 Å². The van der Waals surface area contributed by atoms with Crippen molar-refractivity contribution in [2.45, 2.75) is 97.6 Å². The number of hydrogen-bond donors (Lipinski definition) is 4. The minimum Gasteiger partial charge on any atom is -0.508 e. The maximum absolute atomic E-state index is 13.3. The standard InChI is InChI=1S/C28H39NO7/c1-13(2)21(25(34)35)29-12-17-15(24(29)33)9-18(30)16-10-28(36-22(16)17)14(3)7-8-20-26(4,5)23(32)19(31)11-27(20,28)6/h9,13-14,19-21,23,30-32H,7-8,10-12H2,1-6H3,(H,34,35). The molecular formula is C28H39NO7. The zero-order chi connectivity index (χ0) is 26.5. The lowest BCUT2D eigenvalue weighted by Crippen LogP contribution is -2.69. The van der Waals surface area contributed by atoms with Crippen LogP contribution in [-0.4, -0.2) is 61.1 Å². The van der Waals surface area contributed by atoms with Gasteiger partial charge in [-0.15, -0.1) is 0 Å². The third-order valence-corrected chi connectivity index (χ3v) is 10.3. The van der Waals surface area contributed by atoms with Crippen LogP contribution in [0, 0.1) is 28.6 Å². The molecule has 1 aromatic rings. The Kier molecular flexibility index (Phi) is 5.52. The van der Waals surface area contributed by atoms with Crippen molar-refractivity contribution < 1.29 is 34.8 Å². The second-order valence-corrected chi connectivity index (χ2v) is 12.8. The Balaban J connectivity index is 1.61. The van der Waals surface area contributed by atoms with Crippen LogP contribution in [0.25, 0.3) is 0 Å². The van der Waals surface area contributed by atoms with E-state index in [0.717, 1.165) is 12.8 Å². The average molecular weight is 502 g/mol. The Morgan fingerprint density at radius 2 is 1.83 bits per heavy atom. The van der Waals surface area contributed by atoms with Gasteiger partial charge in [0.2, 0.25) is 0 Å². The summed E-state index contributed by atoms with van der Waals surface area (Å²) in [5, 5.41) is 42.7. The summed E-state index contributed by atoms with van der Waals surface area (Å²) in [5.41, 5.74) is -0.184. The lowest BCUT2D eigenvalue weighted by atomic mass is 9.43. The first kappa shape index (κ1) is 25.3. The van der Waals surface area contributed by atoms with Gasteiger partial charge in [0.15, 0.2) is 0 Å². The second-order valence-electron chi connectivity index (χ2n) is 12.8. The number of carbonyl (C=O) groups is 2. The van der Waals surface area contributed by atoms with E-state index in [1.807, 2.05) is 13.8 Å². The van der Waals surface area contributed by atoms with Gasteiger partial charge >= 0.3 is 5.97 Å². The van der Waals surface area contributed by atoms with Crippen LogP contribution in [0.5, 0.6) is 11.5 Å². The normalized spacial score (nSPS) is 37.5. The summed E-state index contributed by atoms with van der Waals surface area (Å²) >= 11 is 0. The zero-order valence-corrected chi connectivity index (χ0v) is 22.0. The van der Waals surface area contributed by atoms with E-state index in [2.05, 4.69) is 13.8 Å². The molecule has 8 heteroatoms. The molecule has 7 atom stereocenters. The van der Waals surface area contributed by atoms with E-state index in [0.29, 0.717) is 35.3 Å². The van der Waals surface area contributed by atoms with Crippen LogP contribution >= 0.6 is 0 Å². The number of carbonyl (C=O) groups excluding carboxylic acids is 1. The molecule has 0 saturated heterocycles. The molecule has 2 aliphatic carbocycles. The Morgan fingerprint density at radius 3 is 2.44 bits per heavy atom. The Morgan fingerprint density at radius 1 is 1.17 bits per heavy atom. The molecule has 0 aromatic heterocycles. The van der Waals surface area contributed by atoms with Gasteiger partial charge in [0.1, 0.15) is 23.1 Å². The highest BCUT2D eigenvalue weighted by molar-refractivity contribution is 6.02. The maximum atomic E-state index is 13.3. The number of rotatable bonds is 3. The van der Waals surface area contributed by atoms with Crippen molar-refractivity contribution in [3.05, 3.63) is 22.8 Å². The molecule has 4 aliphatic rings. The Bertz CT molecular complexity index is 1130. The van der Waals surface area contributed by atoms with Gasteiger partial charge in [-0.2, -0.15) is 0 Å². The van der Waals surface area contributed by atoms with Crippen LogP contribution in [0.15, 0.2) is 6.07 Å². The van der Waals surface area contributed by atoms with E-state index in [-0.39, 0.29) is 30.0 Å². The molecule has 198 valence electrons. The number of phenolic OH excluding ortho intramolecular Hbond substituents is 1. The molecule has 5 rings (SSSR count). The van der Waals surface area contributed by atoms with Crippen molar-refractivity contribution in [2.75, 3.05) is 0 Å². The number of carboxylic acid groups (broad SMARTS) is 1. The fraction of sp³-hybridized carbons (Fsp3) is 0.714. The molecular weight excluding hydrogens is 462 g/mol. The summed E-state index contributed by atoms with van der Waals surface area (Å²) in [6.07, 6.45) is 0.870. The molecule has 0 radical (unpaired) electrons. The van der Waals surface area contributed by atoms with E-state index in [4.69, 9.17) is 4.74 Å². The highest BCUT2D eigenvalue weighted by Gasteiger charge is 2.69. The number of phenols is 1. The van der Waals surface area contributed by atoms with Gasteiger partial charge in [-0.3, -0.25) is 4.79 Å². The molecule has 2 saturated carbocycles. The maximum Gasteiger partial charge on any atom is 0.326 e. The van der Waals surface area contributed by atoms with Gasteiger partial charge in [0.05, 0.1) is 24.3 Å². The number of carboxylic acids is 1. The van der Waals surface area contributed by atoms with E-state index in [9.17, 15) is 30.0 Å². The van der Waals surface area contributed by atoms with Crippen molar-refractivity contribution in [1.29, 1.82) is 0 Å². The van der Waals surface area contributed by atoms with Gasteiger partial charge in [0, 0.05) is 23.0 Å². The van der Waals surface area contributed by atoms with Crippen LogP contribution in [0.4, 0.5) is 0 Å². The molecule has 2 heterocycles. The molecule has 1 spiro atoms. The Hall–Kier alpha value is -2.32. The Labute approximate surface area is 212 Å². The summed E-state index contributed by atoms with van der Waals surface area (Å²) < 4.78 is 6.94. The first-order valence-electron chi connectivity index (χ1n) is 13.1. The third-order valence-electron chi connectivity index (χ3n) is 10.3. The summed E-state index contributed by atoms with van der Waals surface area (Å²) in [6.45, 7) is 12.0. The summed E-state index contributed by atoms with van der Waals surface area (Å²) in [4.78, 5) is 26.7. The number of benzene rings is 1. The van der Waals surface area contributed by atoms with E-state index < -0.39 is 46.6 Å². The minimum absolute atomic E-state index is 0.0131. The predicted molar refractivity (Wildman–Crippen MR) is 132 cm³/mol. The highest BCUT2D eigenvalue weighted by Crippen LogP contribution is 2.67. The number of ether oxygens (including phenoxy) is 1. The molecule has 1 amide bonds.